The minimum absolute atomic E-state index is 0.0909. The maximum Gasteiger partial charge on any atom is 0.252 e. The summed E-state index contributed by atoms with van der Waals surface area (Å²) in [5, 5.41) is 14.1. The molecular formula is C15H15NO3. The number of hydrogen-bond acceptors (Lipinski definition) is 3. The smallest absolute Gasteiger partial charge is 0.252 e. The zero-order chi connectivity index (χ0) is 13.2. The summed E-state index contributed by atoms with van der Waals surface area (Å²) in [6.45, 7) is 1.28. The third kappa shape index (κ3) is 2.39. The van der Waals surface area contributed by atoms with Crippen molar-refractivity contribution in [2.75, 3.05) is 13.2 Å². The molecule has 1 aliphatic heterocycles. The number of carbonyl (C=O) groups excluding carboxylic acids is 1. The van der Waals surface area contributed by atoms with Gasteiger partial charge in [0.1, 0.15) is 5.75 Å². The third-order valence-electron chi connectivity index (χ3n) is 3.37. The Bertz CT molecular complexity index is 618. The van der Waals surface area contributed by atoms with E-state index in [-0.39, 0.29) is 17.7 Å². The minimum Gasteiger partial charge on any atom is -0.508 e. The molecule has 98 valence electrons. The fourth-order valence-corrected chi connectivity index (χ4v) is 2.38. The van der Waals surface area contributed by atoms with Gasteiger partial charge in [-0.2, -0.15) is 0 Å². The highest BCUT2D eigenvalue weighted by Crippen LogP contribution is 2.23. The predicted molar refractivity (Wildman–Crippen MR) is 72.3 cm³/mol. The van der Waals surface area contributed by atoms with Crippen LogP contribution in [0.2, 0.25) is 0 Å². The van der Waals surface area contributed by atoms with Crippen molar-refractivity contribution in [3.8, 4) is 5.75 Å². The van der Waals surface area contributed by atoms with Crippen molar-refractivity contribution in [1.29, 1.82) is 0 Å². The van der Waals surface area contributed by atoms with Gasteiger partial charge in [-0.25, -0.2) is 0 Å². The SMILES string of the molecule is O=C(NC1CCOC1)c1cccc2cc(O)ccc12. The number of ether oxygens (including phenoxy) is 1. The molecule has 0 bridgehead atoms. The average molecular weight is 257 g/mol. The molecule has 0 aliphatic carbocycles. The van der Waals surface area contributed by atoms with Crippen LogP contribution in [0.3, 0.4) is 0 Å². The van der Waals surface area contributed by atoms with Gasteiger partial charge in [0.25, 0.3) is 5.91 Å². The third-order valence-corrected chi connectivity index (χ3v) is 3.37. The van der Waals surface area contributed by atoms with Crippen molar-refractivity contribution in [2.45, 2.75) is 12.5 Å². The van der Waals surface area contributed by atoms with Gasteiger partial charge in [0.2, 0.25) is 0 Å². The summed E-state index contributed by atoms with van der Waals surface area (Å²) in [6.07, 6.45) is 0.858. The second-order valence-corrected chi connectivity index (χ2v) is 4.74. The summed E-state index contributed by atoms with van der Waals surface area (Å²) < 4.78 is 5.25. The lowest BCUT2D eigenvalue weighted by Gasteiger charge is -2.12. The van der Waals surface area contributed by atoms with Crippen molar-refractivity contribution in [3.63, 3.8) is 0 Å². The van der Waals surface area contributed by atoms with E-state index in [0.717, 1.165) is 17.2 Å². The molecule has 1 amide bonds. The van der Waals surface area contributed by atoms with Crippen molar-refractivity contribution in [3.05, 3.63) is 42.0 Å². The van der Waals surface area contributed by atoms with Crippen molar-refractivity contribution in [1.82, 2.24) is 5.32 Å². The highest BCUT2D eigenvalue weighted by molar-refractivity contribution is 6.07. The van der Waals surface area contributed by atoms with Crippen molar-refractivity contribution in [2.24, 2.45) is 0 Å². The summed E-state index contributed by atoms with van der Waals surface area (Å²) in [7, 11) is 0. The summed E-state index contributed by atoms with van der Waals surface area (Å²) >= 11 is 0. The van der Waals surface area contributed by atoms with Crippen molar-refractivity contribution < 1.29 is 14.6 Å². The van der Waals surface area contributed by atoms with E-state index in [9.17, 15) is 9.90 Å². The molecule has 2 aromatic rings. The number of rotatable bonds is 2. The number of nitrogens with one attached hydrogen (secondary N) is 1. The van der Waals surface area contributed by atoms with Crippen LogP contribution in [0.5, 0.6) is 5.75 Å². The maximum atomic E-state index is 12.3. The van der Waals surface area contributed by atoms with Gasteiger partial charge in [0.05, 0.1) is 12.6 Å². The van der Waals surface area contributed by atoms with E-state index >= 15 is 0 Å². The molecule has 2 N–H and O–H groups in total. The number of aromatic hydroxyl groups is 1. The molecule has 1 atom stereocenters. The largest absolute Gasteiger partial charge is 0.508 e. The maximum absolute atomic E-state index is 12.3. The Labute approximate surface area is 111 Å². The first-order valence-electron chi connectivity index (χ1n) is 6.34. The fourth-order valence-electron chi connectivity index (χ4n) is 2.38. The number of fused-ring (bicyclic) bond motifs is 1. The van der Waals surface area contributed by atoms with E-state index in [4.69, 9.17) is 4.74 Å². The van der Waals surface area contributed by atoms with Gasteiger partial charge in [-0.05, 0) is 41.5 Å². The van der Waals surface area contributed by atoms with Gasteiger partial charge >= 0.3 is 0 Å². The zero-order valence-electron chi connectivity index (χ0n) is 10.4. The lowest BCUT2D eigenvalue weighted by Crippen LogP contribution is -2.35. The molecule has 4 nitrogen and oxygen atoms in total. The first-order chi connectivity index (χ1) is 9.24. The van der Waals surface area contributed by atoms with Crippen LogP contribution in [0.4, 0.5) is 0 Å². The highest BCUT2D eigenvalue weighted by atomic mass is 16.5. The molecule has 1 heterocycles. The highest BCUT2D eigenvalue weighted by Gasteiger charge is 2.19. The predicted octanol–water partition coefficient (Wildman–Crippen LogP) is 2.06. The second kappa shape index (κ2) is 4.90. The molecule has 1 unspecified atom stereocenters. The fraction of sp³-hybridized carbons (Fsp3) is 0.267. The Morgan fingerprint density at radius 2 is 2.21 bits per heavy atom. The molecule has 0 spiro atoms. The van der Waals surface area contributed by atoms with E-state index < -0.39 is 0 Å². The molecule has 0 saturated carbocycles. The van der Waals surface area contributed by atoms with Gasteiger partial charge in [0.15, 0.2) is 0 Å². The molecule has 1 saturated heterocycles. The van der Waals surface area contributed by atoms with Gasteiger partial charge in [-0.3, -0.25) is 4.79 Å². The van der Waals surface area contributed by atoms with Crippen LogP contribution in [0.1, 0.15) is 16.8 Å². The summed E-state index contributed by atoms with van der Waals surface area (Å²) in [5.74, 6) is 0.112. The van der Waals surface area contributed by atoms with Crippen LogP contribution in [-0.2, 0) is 4.74 Å². The van der Waals surface area contributed by atoms with E-state index in [2.05, 4.69) is 5.32 Å². The van der Waals surface area contributed by atoms with Crippen LogP contribution >= 0.6 is 0 Å². The minimum atomic E-state index is -0.0909. The topological polar surface area (TPSA) is 58.6 Å². The van der Waals surface area contributed by atoms with E-state index in [0.29, 0.717) is 18.8 Å². The molecule has 1 aliphatic rings. The Morgan fingerprint density at radius 1 is 1.32 bits per heavy atom. The first-order valence-corrected chi connectivity index (χ1v) is 6.34. The van der Waals surface area contributed by atoms with Crippen LogP contribution in [0.25, 0.3) is 10.8 Å². The van der Waals surface area contributed by atoms with Gasteiger partial charge in [0, 0.05) is 12.2 Å². The zero-order valence-corrected chi connectivity index (χ0v) is 10.4. The van der Waals surface area contributed by atoms with Gasteiger partial charge < -0.3 is 15.2 Å². The summed E-state index contributed by atoms with van der Waals surface area (Å²) in [4.78, 5) is 12.3. The Kier molecular flexibility index (Phi) is 3.09. The summed E-state index contributed by atoms with van der Waals surface area (Å²) in [5.41, 5.74) is 0.629. The standard InChI is InChI=1S/C15H15NO3/c17-12-4-5-13-10(8-12)2-1-3-14(13)15(18)16-11-6-7-19-9-11/h1-5,8,11,17H,6-7,9H2,(H,16,18). The average Bonchev–Trinajstić information content (AvgIpc) is 2.90. The molecule has 1 fully saturated rings. The normalized spacial score (nSPS) is 18.6. The van der Waals surface area contributed by atoms with Crippen LogP contribution < -0.4 is 5.32 Å². The molecule has 0 radical (unpaired) electrons. The molecule has 19 heavy (non-hydrogen) atoms. The number of phenolic OH excluding ortho intramolecular Hbond substituents is 1. The number of benzene rings is 2. The molecule has 3 rings (SSSR count). The second-order valence-electron chi connectivity index (χ2n) is 4.74. The number of amides is 1. The Balaban J connectivity index is 1.93. The Hall–Kier alpha value is -2.07. The Morgan fingerprint density at radius 3 is 3.00 bits per heavy atom. The van der Waals surface area contributed by atoms with Crippen LogP contribution in [0.15, 0.2) is 36.4 Å². The molecular weight excluding hydrogens is 242 g/mol. The monoisotopic (exact) mass is 257 g/mol. The van der Waals surface area contributed by atoms with Crippen LogP contribution in [-0.4, -0.2) is 30.3 Å². The van der Waals surface area contributed by atoms with Crippen LogP contribution in [0, 0.1) is 0 Å². The van der Waals surface area contributed by atoms with Gasteiger partial charge in [-0.15, -0.1) is 0 Å². The van der Waals surface area contributed by atoms with E-state index in [1.165, 1.54) is 0 Å². The number of hydrogen-bond donors (Lipinski definition) is 2. The molecule has 2 aromatic carbocycles. The van der Waals surface area contributed by atoms with Crippen molar-refractivity contribution >= 4 is 16.7 Å². The lowest BCUT2D eigenvalue weighted by molar-refractivity contribution is 0.0931. The number of carbonyl (C=O) groups is 1. The van der Waals surface area contributed by atoms with Gasteiger partial charge in [-0.1, -0.05) is 12.1 Å². The quantitative estimate of drug-likeness (QED) is 0.865. The molecule has 0 aromatic heterocycles. The number of phenols is 1. The molecule has 4 heteroatoms. The van der Waals surface area contributed by atoms with E-state index in [1.54, 1.807) is 24.3 Å². The van der Waals surface area contributed by atoms with E-state index in [1.807, 2.05) is 12.1 Å². The first kappa shape index (κ1) is 12.0. The summed E-state index contributed by atoms with van der Waals surface area (Å²) in [6, 6.07) is 10.6. The lowest BCUT2D eigenvalue weighted by atomic mass is 10.0.